The summed E-state index contributed by atoms with van der Waals surface area (Å²) in [6.07, 6.45) is 2.11. The summed E-state index contributed by atoms with van der Waals surface area (Å²) in [5.41, 5.74) is 0.821. The van der Waals surface area contributed by atoms with E-state index < -0.39 is 0 Å². The number of likely N-dealkylation sites (tertiary alicyclic amines) is 1. The average Bonchev–Trinajstić information content (AvgIpc) is 2.80. The Hall–Kier alpha value is -0.780. The zero-order chi connectivity index (χ0) is 13.1. The Balaban J connectivity index is 2.20. The van der Waals surface area contributed by atoms with E-state index in [4.69, 9.17) is 4.74 Å². The number of halogens is 1. The molecule has 0 amide bonds. The third kappa shape index (κ3) is 2.79. The highest BCUT2D eigenvalue weighted by atomic mass is 79.9. The van der Waals surface area contributed by atoms with E-state index in [2.05, 4.69) is 20.8 Å². The van der Waals surface area contributed by atoms with Crippen molar-refractivity contribution in [2.24, 2.45) is 0 Å². The summed E-state index contributed by atoms with van der Waals surface area (Å²) in [4.78, 5) is 2.20. The van der Waals surface area contributed by atoms with E-state index in [-0.39, 0.29) is 18.4 Å². The van der Waals surface area contributed by atoms with Crippen LogP contribution in [0.5, 0.6) is 11.5 Å². The summed E-state index contributed by atoms with van der Waals surface area (Å²) >= 11 is 3.41. The van der Waals surface area contributed by atoms with E-state index >= 15 is 0 Å². The summed E-state index contributed by atoms with van der Waals surface area (Å²) in [6.45, 7) is 1.76. The Bertz CT molecular complexity index is 425. The van der Waals surface area contributed by atoms with Gasteiger partial charge in [0, 0.05) is 22.6 Å². The normalized spacial score (nSPS) is 20.3. The Kier molecular flexibility index (Phi) is 4.48. The lowest BCUT2D eigenvalue weighted by Gasteiger charge is -2.23. The van der Waals surface area contributed by atoms with Crippen LogP contribution in [0.3, 0.4) is 0 Å². The lowest BCUT2D eigenvalue weighted by Crippen LogP contribution is -2.31. The summed E-state index contributed by atoms with van der Waals surface area (Å²) in [5, 5.41) is 19.4. The molecule has 0 aliphatic carbocycles. The zero-order valence-corrected chi connectivity index (χ0v) is 12.0. The van der Waals surface area contributed by atoms with Crippen molar-refractivity contribution in [1.82, 2.24) is 4.90 Å². The predicted molar refractivity (Wildman–Crippen MR) is 72.9 cm³/mol. The third-order valence-corrected chi connectivity index (χ3v) is 3.88. The van der Waals surface area contributed by atoms with E-state index in [1.165, 1.54) is 7.11 Å². The quantitative estimate of drug-likeness (QED) is 0.893. The topological polar surface area (TPSA) is 52.9 Å². The van der Waals surface area contributed by atoms with Crippen molar-refractivity contribution < 1.29 is 14.9 Å². The Morgan fingerprint density at radius 2 is 2.28 bits per heavy atom. The van der Waals surface area contributed by atoms with Crippen LogP contribution in [0.25, 0.3) is 0 Å². The molecule has 4 nitrogen and oxygen atoms in total. The van der Waals surface area contributed by atoms with Crippen molar-refractivity contribution in [3.05, 3.63) is 22.2 Å². The molecule has 0 aromatic heterocycles. The number of aliphatic hydroxyl groups is 1. The maximum absolute atomic E-state index is 10.1. The maximum atomic E-state index is 10.1. The van der Waals surface area contributed by atoms with Crippen molar-refractivity contribution in [2.75, 3.05) is 20.3 Å². The highest BCUT2D eigenvalue weighted by molar-refractivity contribution is 9.10. The molecule has 1 aromatic rings. The van der Waals surface area contributed by atoms with Gasteiger partial charge in [0.1, 0.15) is 0 Å². The van der Waals surface area contributed by atoms with Crippen molar-refractivity contribution >= 4 is 15.9 Å². The van der Waals surface area contributed by atoms with Crippen LogP contribution in [0.4, 0.5) is 0 Å². The summed E-state index contributed by atoms with van der Waals surface area (Å²) in [7, 11) is 1.54. The van der Waals surface area contributed by atoms with Gasteiger partial charge >= 0.3 is 0 Å². The number of rotatable bonds is 4. The van der Waals surface area contributed by atoms with Crippen molar-refractivity contribution in [3.8, 4) is 11.5 Å². The van der Waals surface area contributed by atoms with Gasteiger partial charge in [0.15, 0.2) is 11.5 Å². The molecule has 5 heteroatoms. The second kappa shape index (κ2) is 5.91. The molecule has 0 spiro atoms. The van der Waals surface area contributed by atoms with Gasteiger partial charge in [-0.25, -0.2) is 0 Å². The number of nitrogens with zero attached hydrogens (tertiary/aromatic N) is 1. The molecule has 1 fully saturated rings. The van der Waals surface area contributed by atoms with Crippen molar-refractivity contribution in [3.63, 3.8) is 0 Å². The highest BCUT2D eigenvalue weighted by Gasteiger charge is 2.25. The molecule has 0 bridgehead atoms. The summed E-state index contributed by atoms with van der Waals surface area (Å²) < 4.78 is 6.02. The first kappa shape index (κ1) is 13.6. The van der Waals surface area contributed by atoms with Crippen LogP contribution >= 0.6 is 15.9 Å². The molecule has 0 saturated carbocycles. The number of phenolic OH excluding ortho intramolecular Hbond substituents is 1. The van der Waals surface area contributed by atoms with Gasteiger partial charge in [-0.3, -0.25) is 4.90 Å². The number of phenols is 1. The number of aromatic hydroxyl groups is 1. The Morgan fingerprint density at radius 1 is 1.50 bits per heavy atom. The third-order valence-electron chi connectivity index (χ3n) is 3.42. The van der Waals surface area contributed by atoms with Crippen LogP contribution in [0.15, 0.2) is 16.6 Å². The molecule has 1 heterocycles. The molecule has 18 heavy (non-hydrogen) atoms. The van der Waals surface area contributed by atoms with E-state index in [0.29, 0.717) is 12.3 Å². The van der Waals surface area contributed by atoms with E-state index in [1.807, 2.05) is 6.07 Å². The van der Waals surface area contributed by atoms with E-state index in [0.717, 1.165) is 29.4 Å². The van der Waals surface area contributed by atoms with Crippen LogP contribution in [-0.4, -0.2) is 41.4 Å². The standard InChI is InChI=1S/C13H18BrNO3/c1-18-12-6-10(14)5-9(13(12)17)7-15-4-2-3-11(15)8-16/h5-6,11,16-17H,2-4,7-8H2,1H3/t11-/m0/s1. The van der Waals surface area contributed by atoms with Crippen LogP contribution in [0.2, 0.25) is 0 Å². The van der Waals surface area contributed by atoms with Gasteiger partial charge in [-0.1, -0.05) is 15.9 Å². The second-order valence-electron chi connectivity index (χ2n) is 4.56. The molecule has 2 rings (SSSR count). The number of benzene rings is 1. The van der Waals surface area contributed by atoms with Gasteiger partial charge in [-0.05, 0) is 31.5 Å². The number of hydrogen-bond donors (Lipinski definition) is 2. The Morgan fingerprint density at radius 3 is 2.94 bits per heavy atom. The van der Waals surface area contributed by atoms with Gasteiger partial charge in [-0.2, -0.15) is 0 Å². The smallest absolute Gasteiger partial charge is 0.162 e. The first-order valence-corrected chi connectivity index (χ1v) is 6.85. The number of aliphatic hydroxyl groups excluding tert-OH is 1. The van der Waals surface area contributed by atoms with E-state index in [1.54, 1.807) is 6.07 Å². The Labute approximate surface area is 115 Å². The van der Waals surface area contributed by atoms with Gasteiger partial charge in [0.2, 0.25) is 0 Å². The molecule has 0 radical (unpaired) electrons. The van der Waals surface area contributed by atoms with Crippen molar-refractivity contribution in [1.29, 1.82) is 0 Å². The molecule has 2 N–H and O–H groups in total. The van der Waals surface area contributed by atoms with Crippen LogP contribution in [-0.2, 0) is 6.54 Å². The number of methoxy groups -OCH3 is 1. The SMILES string of the molecule is COc1cc(Br)cc(CN2CCC[C@H]2CO)c1O. The van der Waals surface area contributed by atoms with Crippen LogP contribution < -0.4 is 4.74 Å². The minimum Gasteiger partial charge on any atom is -0.504 e. The highest BCUT2D eigenvalue weighted by Crippen LogP contribution is 2.35. The fraction of sp³-hybridized carbons (Fsp3) is 0.538. The molecular formula is C13H18BrNO3. The minimum absolute atomic E-state index is 0.173. The van der Waals surface area contributed by atoms with Crippen LogP contribution in [0, 0.1) is 0 Å². The van der Waals surface area contributed by atoms with Gasteiger partial charge in [0.25, 0.3) is 0 Å². The number of ether oxygens (including phenoxy) is 1. The van der Waals surface area contributed by atoms with Gasteiger partial charge < -0.3 is 14.9 Å². The first-order valence-electron chi connectivity index (χ1n) is 6.06. The van der Waals surface area contributed by atoms with Gasteiger partial charge in [-0.15, -0.1) is 0 Å². The molecule has 1 saturated heterocycles. The maximum Gasteiger partial charge on any atom is 0.162 e. The lowest BCUT2D eigenvalue weighted by molar-refractivity contribution is 0.152. The molecule has 1 aliphatic heterocycles. The molecule has 1 atom stereocenters. The first-order chi connectivity index (χ1) is 8.65. The number of hydrogen-bond acceptors (Lipinski definition) is 4. The fourth-order valence-corrected chi connectivity index (χ4v) is 2.92. The molecular weight excluding hydrogens is 298 g/mol. The van der Waals surface area contributed by atoms with Gasteiger partial charge in [0.05, 0.1) is 13.7 Å². The van der Waals surface area contributed by atoms with Crippen LogP contribution in [0.1, 0.15) is 18.4 Å². The molecule has 0 unspecified atom stereocenters. The molecule has 1 aromatic carbocycles. The molecule has 100 valence electrons. The monoisotopic (exact) mass is 315 g/mol. The van der Waals surface area contributed by atoms with E-state index in [9.17, 15) is 10.2 Å². The largest absolute Gasteiger partial charge is 0.504 e. The lowest BCUT2D eigenvalue weighted by atomic mass is 10.1. The summed E-state index contributed by atoms with van der Waals surface area (Å²) in [5.74, 6) is 0.656. The zero-order valence-electron chi connectivity index (χ0n) is 10.4. The second-order valence-corrected chi connectivity index (χ2v) is 5.48. The summed E-state index contributed by atoms with van der Waals surface area (Å²) in [6, 6.07) is 3.84. The molecule has 1 aliphatic rings. The average molecular weight is 316 g/mol. The fourth-order valence-electron chi connectivity index (χ4n) is 2.43. The van der Waals surface area contributed by atoms with Crippen molar-refractivity contribution in [2.45, 2.75) is 25.4 Å². The minimum atomic E-state index is 0.173. The predicted octanol–water partition coefficient (Wildman–Crippen LogP) is 2.12.